The van der Waals surface area contributed by atoms with Crippen LogP contribution in [0.5, 0.6) is 0 Å². The monoisotopic (exact) mass is 167 g/mol. The number of hydrogen-bond acceptors (Lipinski definition) is 2. The summed E-state index contributed by atoms with van der Waals surface area (Å²) in [6, 6.07) is 0. The maximum absolute atomic E-state index is 5.66. The van der Waals surface area contributed by atoms with E-state index in [9.17, 15) is 0 Å². The number of halogens is 1. The molecule has 3 nitrogen and oxygen atoms in total. The van der Waals surface area contributed by atoms with Crippen molar-refractivity contribution < 1.29 is 0 Å². The van der Waals surface area contributed by atoms with Crippen molar-refractivity contribution in [1.29, 1.82) is 0 Å². The van der Waals surface area contributed by atoms with Crippen LogP contribution in [0.1, 0.15) is 5.56 Å². The Hall–Kier alpha value is -1.09. The molecule has 56 valence electrons. The fourth-order valence-corrected chi connectivity index (χ4v) is 1.12. The number of rotatable bonds is 0. The van der Waals surface area contributed by atoms with E-state index in [0.29, 0.717) is 5.15 Å². The molecular formula is C7H6ClN3. The van der Waals surface area contributed by atoms with E-state index in [-0.39, 0.29) is 0 Å². The summed E-state index contributed by atoms with van der Waals surface area (Å²) in [5.74, 6) is 0. The van der Waals surface area contributed by atoms with Gasteiger partial charge in [-0.2, -0.15) is 5.10 Å². The van der Waals surface area contributed by atoms with Crippen LogP contribution in [0.2, 0.25) is 5.15 Å². The van der Waals surface area contributed by atoms with Crippen molar-refractivity contribution in [3.63, 3.8) is 0 Å². The van der Waals surface area contributed by atoms with Gasteiger partial charge >= 0.3 is 0 Å². The lowest BCUT2D eigenvalue weighted by molar-refractivity contribution is 0.946. The Kier molecular flexibility index (Phi) is 1.32. The molecule has 0 aliphatic carbocycles. The molecule has 0 aliphatic heterocycles. The first kappa shape index (κ1) is 6.61. The molecule has 0 spiro atoms. The predicted octanol–water partition coefficient (Wildman–Crippen LogP) is 1.69. The maximum atomic E-state index is 5.66. The highest BCUT2D eigenvalue weighted by atomic mass is 35.5. The minimum absolute atomic E-state index is 0.459. The van der Waals surface area contributed by atoms with Crippen LogP contribution >= 0.6 is 11.6 Å². The van der Waals surface area contributed by atoms with Gasteiger partial charge in [-0.15, -0.1) is 0 Å². The summed E-state index contributed by atoms with van der Waals surface area (Å²) in [6.45, 7) is 1.98. The van der Waals surface area contributed by atoms with Gasteiger partial charge in [-0.05, 0) is 12.5 Å². The van der Waals surface area contributed by atoms with Crippen molar-refractivity contribution in [2.75, 3.05) is 0 Å². The van der Waals surface area contributed by atoms with Gasteiger partial charge in [0.2, 0.25) is 0 Å². The molecule has 2 rings (SSSR count). The first-order valence-corrected chi connectivity index (χ1v) is 3.60. The quantitative estimate of drug-likeness (QED) is 0.598. The number of nitrogens with zero attached hydrogens (tertiary/aromatic N) is 3. The highest BCUT2D eigenvalue weighted by Crippen LogP contribution is 2.10. The molecule has 4 heteroatoms. The summed E-state index contributed by atoms with van der Waals surface area (Å²) in [5.41, 5.74) is 2.10. The molecule has 0 atom stereocenters. The second-order valence-electron chi connectivity index (χ2n) is 2.37. The van der Waals surface area contributed by atoms with Gasteiger partial charge in [0, 0.05) is 0 Å². The van der Waals surface area contributed by atoms with Crippen LogP contribution in [0.3, 0.4) is 0 Å². The average Bonchev–Trinajstić information content (AvgIpc) is 2.32. The van der Waals surface area contributed by atoms with Crippen LogP contribution in [0.4, 0.5) is 0 Å². The smallest absolute Gasteiger partial charge is 0.147 e. The van der Waals surface area contributed by atoms with Crippen molar-refractivity contribution in [3.8, 4) is 0 Å². The molecule has 0 fully saturated rings. The molecule has 0 aliphatic rings. The molecule has 2 aromatic heterocycles. The summed E-state index contributed by atoms with van der Waals surface area (Å²) in [6.07, 6.45) is 5.18. The van der Waals surface area contributed by atoms with E-state index in [4.69, 9.17) is 11.6 Å². The second kappa shape index (κ2) is 2.20. The lowest BCUT2D eigenvalue weighted by Crippen LogP contribution is -1.87. The van der Waals surface area contributed by atoms with E-state index in [2.05, 4.69) is 10.1 Å². The van der Waals surface area contributed by atoms with Gasteiger partial charge in [0.25, 0.3) is 0 Å². The average molecular weight is 168 g/mol. The zero-order valence-corrected chi connectivity index (χ0v) is 6.71. The lowest BCUT2D eigenvalue weighted by atomic mass is 10.3. The van der Waals surface area contributed by atoms with Crippen LogP contribution in [0.15, 0.2) is 18.6 Å². The largest absolute Gasteiger partial charge is 0.241 e. The first-order chi connectivity index (χ1) is 5.27. The van der Waals surface area contributed by atoms with Crippen LogP contribution in [0, 0.1) is 6.92 Å². The Morgan fingerprint density at radius 3 is 3.09 bits per heavy atom. The van der Waals surface area contributed by atoms with Gasteiger partial charge in [-0.1, -0.05) is 11.6 Å². The van der Waals surface area contributed by atoms with E-state index in [1.807, 2.05) is 6.92 Å². The Morgan fingerprint density at radius 2 is 2.27 bits per heavy atom. The second-order valence-corrected chi connectivity index (χ2v) is 2.75. The van der Waals surface area contributed by atoms with Crippen molar-refractivity contribution >= 4 is 17.1 Å². The molecule has 11 heavy (non-hydrogen) atoms. The van der Waals surface area contributed by atoms with E-state index in [1.165, 1.54) is 0 Å². The molecule has 0 amide bonds. The van der Waals surface area contributed by atoms with E-state index in [1.54, 1.807) is 23.1 Å². The zero-order chi connectivity index (χ0) is 7.84. The van der Waals surface area contributed by atoms with Gasteiger partial charge < -0.3 is 0 Å². The first-order valence-electron chi connectivity index (χ1n) is 3.23. The Labute approximate surface area is 68.6 Å². The van der Waals surface area contributed by atoms with Crippen molar-refractivity contribution in [2.45, 2.75) is 6.92 Å². The van der Waals surface area contributed by atoms with Crippen LogP contribution in [-0.2, 0) is 0 Å². The molecule has 2 heterocycles. The molecule has 0 aromatic carbocycles. The number of aryl methyl sites for hydroxylation is 1. The molecule has 0 bridgehead atoms. The SMILES string of the molecule is Cc1cnn2cc(Cl)ncc12. The zero-order valence-electron chi connectivity index (χ0n) is 5.95. The Bertz CT molecular complexity index is 393. The fourth-order valence-electron chi connectivity index (χ4n) is 0.979. The van der Waals surface area contributed by atoms with Crippen LogP contribution in [-0.4, -0.2) is 14.6 Å². The van der Waals surface area contributed by atoms with E-state index >= 15 is 0 Å². The maximum Gasteiger partial charge on any atom is 0.147 e. The Balaban J connectivity index is 2.86. The third-order valence-corrected chi connectivity index (χ3v) is 1.76. The number of aromatic nitrogens is 3. The molecule has 2 aromatic rings. The summed E-state index contributed by atoms with van der Waals surface area (Å²) >= 11 is 5.66. The number of fused-ring (bicyclic) bond motifs is 1. The van der Waals surface area contributed by atoms with E-state index in [0.717, 1.165) is 11.1 Å². The van der Waals surface area contributed by atoms with Gasteiger partial charge in [0.15, 0.2) is 0 Å². The summed E-state index contributed by atoms with van der Waals surface area (Å²) in [4.78, 5) is 3.94. The molecule has 0 radical (unpaired) electrons. The van der Waals surface area contributed by atoms with Gasteiger partial charge in [0.1, 0.15) is 5.15 Å². The van der Waals surface area contributed by atoms with Crippen LogP contribution < -0.4 is 0 Å². The lowest BCUT2D eigenvalue weighted by Gasteiger charge is -1.92. The van der Waals surface area contributed by atoms with Gasteiger partial charge in [-0.25, -0.2) is 9.50 Å². The fraction of sp³-hybridized carbons (Fsp3) is 0.143. The molecule has 0 saturated heterocycles. The summed E-state index contributed by atoms with van der Waals surface area (Å²) in [7, 11) is 0. The molecule has 0 unspecified atom stereocenters. The van der Waals surface area contributed by atoms with Crippen LogP contribution in [0.25, 0.3) is 5.52 Å². The minimum Gasteiger partial charge on any atom is -0.241 e. The summed E-state index contributed by atoms with van der Waals surface area (Å²) < 4.78 is 1.71. The van der Waals surface area contributed by atoms with Crippen molar-refractivity contribution in [2.24, 2.45) is 0 Å². The van der Waals surface area contributed by atoms with Crippen molar-refractivity contribution in [3.05, 3.63) is 29.3 Å². The molecule has 0 saturated carbocycles. The minimum atomic E-state index is 0.459. The molecular weight excluding hydrogens is 162 g/mol. The van der Waals surface area contributed by atoms with Gasteiger partial charge in [-0.3, -0.25) is 0 Å². The predicted molar refractivity (Wildman–Crippen MR) is 42.7 cm³/mol. The molecule has 0 N–H and O–H groups in total. The Morgan fingerprint density at radius 1 is 1.45 bits per heavy atom. The highest BCUT2D eigenvalue weighted by Gasteiger charge is 1.98. The van der Waals surface area contributed by atoms with E-state index < -0.39 is 0 Å². The topological polar surface area (TPSA) is 30.2 Å². The normalized spacial score (nSPS) is 10.7. The van der Waals surface area contributed by atoms with Gasteiger partial charge in [0.05, 0.1) is 24.1 Å². The number of hydrogen-bond donors (Lipinski definition) is 0. The van der Waals surface area contributed by atoms with Crippen molar-refractivity contribution in [1.82, 2.24) is 14.6 Å². The third kappa shape index (κ3) is 0.973. The standard InChI is InChI=1S/C7H6ClN3/c1-5-2-10-11-4-7(8)9-3-6(5)11/h2-4H,1H3. The highest BCUT2D eigenvalue weighted by molar-refractivity contribution is 6.29. The third-order valence-electron chi connectivity index (χ3n) is 1.57. The summed E-state index contributed by atoms with van der Waals surface area (Å²) in [5, 5.41) is 4.53.